The quantitative estimate of drug-likeness (QED) is 0.620. The molecule has 2 heteroatoms. The van der Waals surface area contributed by atoms with Gasteiger partial charge in [0.25, 0.3) is 0 Å². The molecule has 1 aromatic heterocycles. The molecule has 2 rings (SSSR count). The number of hydrogen-bond donors (Lipinski definition) is 1. The van der Waals surface area contributed by atoms with Gasteiger partial charge < -0.3 is 5.11 Å². The number of aromatic nitrogens is 1. The molecule has 0 aliphatic carbocycles. The fraction of sp³-hybridized carbons (Fsp3) is 0.167. The van der Waals surface area contributed by atoms with E-state index in [0.29, 0.717) is 5.76 Å². The predicted octanol–water partition coefficient (Wildman–Crippen LogP) is 5.05. The largest absolute Gasteiger partial charge is 0.513 e. The fourth-order valence-corrected chi connectivity index (χ4v) is 2.00. The smallest absolute Gasteiger partial charge is 0.0891 e. The number of pyridine rings is 1. The second-order valence-electron chi connectivity index (χ2n) is 4.62. The molecule has 20 heavy (non-hydrogen) atoms. The Labute approximate surface area is 119 Å². The van der Waals surface area contributed by atoms with Gasteiger partial charge in [0.1, 0.15) is 0 Å². The third kappa shape index (κ3) is 3.58. The van der Waals surface area contributed by atoms with Crippen molar-refractivity contribution in [2.75, 3.05) is 0 Å². The van der Waals surface area contributed by atoms with E-state index in [4.69, 9.17) is 0 Å². The van der Waals surface area contributed by atoms with Crippen molar-refractivity contribution in [3.63, 3.8) is 0 Å². The highest BCUT2D eigenvalue weighted by Gasteiger charge is 2.01. The van der Waals surface area contributed by atoms with Gasteiger partial charge in [0, 0.05) is 5.39 Å². The molecular weight excluding hydrogens is 246 g/mol. The second kappa shape index (κ2) is 6.71. The third-order valence-electron chi connectivity index (χ3n) is 2.93. The number of aliphatic hydroxyl groups excluding tert-OH is 1. The number of allylic oxidation sites excluding steroid dienone is 6. The molecule has 2 aromatic rings. The number of nitrogens with zero attached hydrogens (tertiary/aromatic N) is 1. The molecule has 0 radical (unpaired) electrons. The van der Waals surface area contributed by atoms with Crippen LogP contribution in [0.15, 0.2) is 66.5 Å². The van der Waals surface area contributed by atoms with E-state index in [-0.39, 0.29) is 0 Å². The molecule has 0 aliphatic rings. The Balaban J connectivity index is 2.39. The molecule has 2 nitrogen and oxygen atoms in total. The van der Waals surface area contributed by atoms with Crippen LogP contribution in [0.25, 0.3) is 16.5 Å². The van der Waals surface area contributed by atoms with Crippen LogP contribution in [0, 0.1) is 0 Å². The normalized spacial score (nSPS) is 13.3. The first-order valence-corrected chi connectivity index (χ1v) is 6.81. The van der Waals surface area contributed by atoms with Gasteiger partial charge in [0.05, 0.1) is 17.0 Å². The van der Waals surface area contributed by atoms with Gasteiger partial charge in [-0.1, -0.05) is 49.4 Å². The Morgan fingerprint density at radius 2 is 2.00 bits per heavy atom. The van der Waals surface area contributed by atoms with E-state index in [1.54, 1.807) is 13.0 Å². The zero-order chi connectivity index (χ0) is 14.4. The van der Waals surface area contributed by atoms with Crippen LogP contribution < -0.4 is 0 Å². The summed E-state index contributed by atoms with van der Waals surface area (Å²) in [6, 6.07) is 12.2. The topological polar surface area (TPSA) is 33.1 Å². The summed E-state index contributed by atoms with van der Waals surface area (Å²) in [5.74, 6) is 0.295. The highest BCUT2D eigenvalue weighted by atomic mass is 16.3. The number of rotatable bonds is 4. The van der Waals surface area contributed by atoms with Crippen molar-refractivity contribution in [1.29, 1.82) is 0 Å². The summed E-state index contributed by atoms with van der Waals surface area (Å²) in [5.41, 5.74) is 3.01. The Kier molecular flexibility index (Phi) is 4.72. The van der Waals surface area contributed by atoms with E-state index < -0.39 is 0 Å². The van der Waals surface area contributed by atoms with Crippen LogP contribution in [-0.2, 0) is 0 Å². The lowest BCUT2D eigenvalue weighted by molar-refractivity contribution is 0.414. The van der Waals surface area contributed by atoms with E-state index in [9.17, 15) is 5.11 Å². The third-order valence-corrected chi connectivity index (χ3v) is 2.93. The van der Waals surface area contributed by atoms with E-state index in [1.165, 1.54) is 0 Å². The SMILES string of the molecule is CC/C=C(/C=C\C=C(/C)O)c1ccc2ccccc2n1. The van der Waals surface area contributed by atoms with Crippen LogP contribution >= 0.6 is 0 Å². The van der Waals surface area contributed by atoms with Gasteiger partial charge in [0.2, 0.25) is 0 Å². The maximum Gasteiger partial charge on any atom is 0.0891 e. The van der Waals surface area contributed by atoms with Crippen LogP contribution in [0.1, 0.15) is 26.0 Å². The maximum absolute atomic E-state index is 9.18. The minimum absolute atomic E-state index is 0.295. The average molecular weight is 265 g/mol. The zero-order valence-electron chi connectivity index (χ0n) is 11.9. The van der Waals surface area contributed by atoms with Gasteiger partial charge in [-0.2, -0.15) is 0 Å². The summed E-state index contributed by atoms with van der Waals surface area (Å²) in [7, 11) is 0. The fourth-order valence-electron chi connectivity index (χ4n) is 2.00. The van der Waals surface area contributed by atoms with Crippen molar-refractivity contribution < 1.29 is 5.11 Å². The first-order chi connectivity index (χ1) is 9.70. The highest BCUT2D eigenvalue weighted by molar-refractivity contribution is 5.82. The Bertz CT molecular complexity index is 677. The predicted molar refractivity (Wildman–Crippen MR) is 85.5 cm³/mol. The van der Waals surface area contributed by atoms with Gasteiger partial charge in [-0.05, 0) is 37.1 Å². The summed E-state index contributed by atoms with van der Waals surface area (Å²) in [4.78, 5) is 4.69. The van der Waals surface area contributed by atoms with Crippen molar-refractivity contribution >= 4 is 16.5 Å². The number of aliphatic hydroxyl groups is 1. The molecule has 0 spiro atoms. The van der Waals surface area contributed by atoms with Gasteiger partial charge in [0.15, 0.2) is 0 Å². The molecule has 0 atom stereocenters. The van der Waals surface area contributed by atoms with E-state index in [1.807, 2.05) is 36.4 Å². The monoisotopic (exact) mass is 265 g/mol. The average Bonchev–Trinajstić information content (AvgIpc) is 2.45. The first kappa shape index (κ1) is 14.1. The van der Waals surface area contributed by atoms with Crippen LogP contribution in [0.2, 0.25) is 0 Å². The van der Waals surface area contributed by atoms with Crippen LogP contribution in [0.3, 0.4) is 0 Å². The summed E-state index contributed by atoms with van der Waals surface area (Å²) < 4.78 is 0. The molecule has 0 amide bonds. The van der Waals surface area contributed by atoms with Crippen molar-refractivity contribution in [2.45, 2.75) is 20.3 Å². The summed E-state index contributed by atoms with van der Waals surface area (Å²) in [6.07, 6.45) is 8.56. The van der Waals surface area contributed by atoms with Crippen molar-refractivity contribution in [2.24, 2.45) is 0 Å². The molecular formula is C18H19NO. The number of hydrogen-bond acceptors (Lipinski definition) is 2. The number of para-hydroxylation sites is 1. The lowest BCUT2D eigenvalue weighted by atomic mass is 10.1. The van der Waals surface area contributed by atoms with Gasteiger partial charge in [-0.25, -0.2) is 4.98 Å². The van der Waals surface area contributed by atoms with E-state index in [0.717, 1.165) is 28.6 Å². The second-order valence-corrected chi connectivity index (χ2v) is 4.62. The standard InChI is InChI=1S/C18H19NO/c1-3-7-15(10-6-8-14(2)20)18-13-12-16-9-4-5-11-17(16)19-18/h4-13,20H,3H2,1-2H3/b10-6-,14-8+,15-7-. The van der Waals surface area contributed by atoms with Gasteiger partial charge in [-0.15, -0.1) is 0 Å². The summed E-state index contributed by atoms with van der Waals surface area (Å²) >= 11 is 0. The molecule has 1 N–H and O–H groups in total. The first-order valence-electron chi connectivity index (χ1n) is 6.81. The molecule has 1 heterocycles. The Hall–Kier alpha value is -2.35. The molecule has 102 valence electrons. The van der Waals surface area contributed by atoms with Crippen LogP contribution in [-0.4, -0.2) is 10.1 Å². The van der Waals surface area contributed by atoms with Crippen LogP contribution in [0.5, 0.6) is 0 Å². The highest BCUT2D eigenvalue weighted by Crippen LogP contribution is 2.19. The lowest BCUT2D eigenvalue weighted by Crippen LogP contribution is -1.88. The molecule has 0 saturated heterocycles. The molecule has 1 aromatic carbocycles. The molecule has 0 aliphatic heterocycles. The molecule has 0 saturated carbocycles. The van der Waals surface area contributed by atoms with Crippen LogP contribution in [0.4, 0.5) is 0 Å². The molecule has 0 unspecified atom stereocenters. The van der Waals surface area contributed by atoms with E-state index >= 15 is 0 Å². The summed E-state index contributed by atoms with van der Waals surface area (Å²) in [5, 5.41) is 10.3. The lowest BCUT2D eigenvalue weighted by Gasteiger charge is -2.04. The van der Waals surface area contributed by atoms with Crippen molar-refractivity contribution in [3.8, 4) is 0 Å². The van der Waals surface area contributed by atoms with Gasteiger partial charge in [-0.3, -0.25) is 0 Å². The molecule has 0 bridgehead atoms. The maximum atomic E-state index is 9.18. The van der Waals surface area contributed by atoms with Crippen molar-refractivity contribution in [1.82, 2.24) is 4.98 Å². The number of benzene rings is 1. The minimum Gasteiger partial charge on any atom is -0.513 e. The Morgan fingerprint density at radius 3 is 2.75 bits per heavy atom. The number of fused-ring (bicyclic) bond motifs is 1. The van der Waals surface area contributed by atoms with Crippen molar-refractivity contribution in [3.05, 3.63) is 72.2 Å². The zero-order valence-corrected chi connectivity index (χ0v) is 11.9. The van der Waals surface area contributed by atoms with E-state index in [2.05, 4.69) is 30.1 Å². The minimum atomic E-state index is 0.295. The Morgan fingerprint density at radius 1 is 1.20 bits per heavy atom. The molecule has 0 fully saturated rings. The summed E-state index contributed by atoms with van der Waals surface area (Å²) in [6.45, 7) is 3.75. The van der Waals surface area contributed by atoms with Gasteiger partial charge >= 0.3 is 0 Å².